The molecule has 0 radical (unpaired) electrons. The van der Waals surface area contributed by atoms with Crippen LogP contribution in [0.25, 0.3) is 0 Å². The van der Waals surface area contributed by atoms with Gasteiger partial charge in [0.05, 0.1) is 6.61 Å². The molecule has 0 bridgehead atoms. The van der Waals surface area contributed by atoms with E-state index in [2.05, 4.69) is 5.32 Å². The number of ether oxygens (including phenoxy) is 3. The molecule has 7 heteroatoms. The summed E-state index contributed by atoms with van der Waals surface area (Å²) < 4.78 is 15.3. The van der Waals surface area contributed by atoms with E-state index in [0.29, 0.717) is 13.0 Å². The molecule has 2 rings (SSSR count). The van der Waals surface area contributed by atoms with Crippen molar-refractivity contribution in [3.8, 4) is 0 Å². The molecule has 1 aromatic rings. The van der Waals surface area contributed by atoms with E-state index in [1.807, 2.05) is 36.4 Å². The van der Waals surface area contributed by atoms with Crippen LogP contribution in [0.3, 0.4) is 0 Å². The summed E-state index contributed by atoms with van der Waals surface area (Å²) in [6, 6.07) is 9.33. The largest absolute Gasteiger partial charge is 0.458 e. The Morgan fingerprint density at radius 2 is 1.90 bits per heavy atom. The van der Waals surface area contributed by atoms with E-state index < -0.39 is 24.1 Å². The van der Waals surface area contributed by atoms with Crippen LogP contribution in [-0.2, 0) is 30.4 Å². The molecule has 1 aliphatic carbocycles. The Labute approximate surface area is 182 Å². The molecular weight excluding hydrogens is 398 g/mol. The Bertz CT molecular complexity index is 828. The lowest BCUT2D eigenvalue weighted by molar-refractivity contribution is -0.141. The van der Waals surface area contributed by atoms with Gasteiger partial charge in [-0.05, 0) is 50.3 Å². The molecular formula is C24H29NO6. The van der Waals surface area contributed by atoms with E-state index in [1.165, 1.54) is 18.2 Å². The van der Waals surface area contributed by atoms with Crippen molar-refractivity contribution in [2.75, 3.05) is 6.61 Å². The molecule has 31 heavy (non-hydrogen) atoms. The zero-order valence-electron chi connectivity index (χ0n) is 17.9. The van der Waals surface area contributed by atoms with Gasteiger partial charge in [-0.3, -0.25) is 0 Å². The second-order valence-electron chi connectivity index (χ2n) is 7.05. The van der Waals surface area contributed by atoms with E-state index in [9.17, 15) is 14.4 Å². The van der Waals surface area contributed by atoms with E-state index in [0.717, 1.165) is 24.0 Å². The molecule has 1 unspecified atom stereocenters. The summed E-state index contributed by atoms with van der Waals surface area (Å²) >= 11 is 0. The number of allylic oxidation sites excluding steroid dienone is 2. The fraction of sp³-hybridized carbons (Fsp3) is 0.375. The molecule has 0 saturated carbocycles. The van der Waals surface area contributed by atoms with Gasteiger partial charge in [0.25, 0.3) is 0 Å². The smallest absolute Gasteiger partial charge is 0.407 e. The van der Waals surface area contributed by atoms with Crippen molar-refractivity contribution in [2.24, 2.45) is 0 Å². The molecule has 0 aliphatic heterocycles. The van der Waals surface area contributed by atoms with Gasteiger partial charge < -0.3 is 19.5 Å². The van der Waals surface area contributed by atoms with E-state index in [4.69, 9.17) is 14.2 Å². The second-order valence-corrected chi connectivity index (χ2v) is 7.05. The lowest BCUT2D eigenvalue weighted by atomic mass is 9.94. The minimum atomic E-state index is -0.583. The maximum Gasteiger partial charge on any atom is 0.407 e. The summed E-state index contributed by atoms with van der Waals surface area (Å²) in [5.74, 6) is -1.02. The number of benzene rings is 1. The van der Waals surface area contributed by atoms with E-state index >= 15 is 0 Å². The highest BCUT2D eigenvalue weighted by Crippen LogP contribution is 2.19. The predicted octanol–water partition coefficient (Wildman–Crippen LogP) is 4.00. The van der Waals surface area contributed by atoms with Gasteiger partial charge in [-0.2, -0.15) is 0 Å². The highest BCUT2D eigenvalue weighted by molar-refractivity contribution is 5.83. The van der Waals surface area contributed by atoms with E-state index in [-0.39, 0.29) is 12.6 Å². The van der Waals surface area contributed by atoms with Gasteiger partial charge in [0.2, 0.25) is 0 Å². The number of hydrogen-bond donors (Lipinski definition) is 1. The first-order chi connectivity index (χ1) is 15.0. The lowest BCUT2D eigenvalue weighted by Gasteiger charge is -2.22. The van der Waals surface area contributed by atoms with Crippen LogP contribution in [0.1, 0.15) is 38.7 Å². The Balaban J connectivity index is 1.72. The topological polar surface area (TPSA) is 90.9 Å². The highest BCUT2D eigenvalue weighted by atomic mass is 16.6. The van der Waals surface area contributed by atoms with E-state index in [1.54, 1.807) is 19.9 Å². The number of hydrogen-bond acceptors (Lipinski definition) is 6. The number of nitrogens with one attached hydrogen (secondary N) is 1. The summed E-state index contributed by atoms with van der Waals surface area (Å²) in [5.41, 5.74) is 1.84. The molecule has 2 atom stereocenters. The van der Waals surface area contributed by atoms with Gasteiger partial charge in [-0.15, -0.1) is 0 Å². The number of carbonyl (C=O) groups is 3. The average molecular weight is 427 g/mol. The standard InChI is InChI=1S/C24H29NO6/c1-3-29-24(28)25-21-11-7-10-19(16-21)13-15-23(27)31-18(2)12-14-22(26)30-17-20-8-5-4-6-9-20/h4-6,8-10,12-15,18,21H,3,7,11,16-17H2,1-2H3,(H,25,28)/t18?,21-/m1/s1. The molecule has 1 N–H and O–H groups in total. The van der Waals surface area contributed by atoms with Crippen molar-refractivity contribution in [2.45, 2.75) is 51.9 Å². The van der Waals surface area contributed by atoms with Crippen molar-refractivity contribution < 1.29 is 28.6 Å². The normalized spacial score (nSPS) is 17.1. The SMILES string of the molecule is CCOC(=O)N[C@@H]1CCC=C(C=CC(=O)OC(C)C=CC(=O)OCc2ccccc2)C1. The van der Waals surface area contributed by atoms with Crippen molar-refractivity contribution in [3.05, 3.63) is 71.8 Å². The molecule has 166 valence electrons. The molecule has 1 amide bonds. The summed E-state index contributed by atoms with van der Waals surface area (Å²) in [5, 5.41) is 2.81. The maximum atomic E-state index is 12.0. The zero-order valence-corrected chi connectivity index (χ0v) is 17.9. The average Bonchev–Trinajstić information content (AvgIpc) is 2.76. The summed E-state index contributed by atoms with van der Waals surface area (Å²) in [7, 11) is 0. The molecule has 0 fully saturated rings. The minimum Gasteiger partial charge on any atom is -0.458 e. The van der Waals surface area contributed by atoms with Crippen LogP contribution in [0.5, 0.6) is 0 Å². The van der Waals surface area contributed by atoms with Crippen LogP contribution in [0.4, 0.5) is 4.79 Å². The third-order valence-electron chi connectivity index (χ3n) is 4.46. The minimum absolute atomic E-state index is 0.0246. The molecule has 7 nitrogen and oxygen atoms in total. The molecule has 1 aliphatic rings. The van der Waals surface area contributed by atoms with Crippen molar-refractivity contribution >= 4 is 18.0 Å². The van der Waals surface area contributed by atoms with Crippen LogP contribution in [0.2, 0.25) is 0 Å². The van der Waals surface area contributed by atoms with Gasteiger partial charge in [-0.25, -0.2) is 14.4 Å². The van der Waals surface area contributed by atoms with Gasteiger partial charge in [0, 0.05) is 18.2 Å². The van der Waals surface area contributed by atoms with Gasteiger partial charge >= 0.3 is 18.0 Å². The highest BCUT2D eigenvalue weighted by Gasteiger charge is 2.17. The summed E-state index contributed by atoms with van der Waals surface area (Å²) in [4.78, 5) is 35.3. The fourth-order valence-electron chi connectivity index (χ4n) is 2.97. The Morgan fingerprint density at radius 3 is 2.65 bits per heavy atom. The van der Waals surface area contributed by atoms with Crippen LogP contribution < -0.4 is 5.32 Å². The first-order valence-corrected chi connectivity index (χ1v) is 10.4. The van der Waals surface area contributed by atoms with Crippen LogP contribution >= 0.6 is 0 Å². The summed E-state index contributed by atoms with van der Waals surface area (Å²) in [6.07, 6.45) is 9.00. The van der Waals surface area contributed by atoms with Crippen molar-refractivity contribution in [1.29, 1.82) is 0 Å². The Hall–Kier alpha value is -3.35. The molecule has 0 aromatic heterocycles. The molecule has 0 spiro atoms. The van der Waals surface area contributed by atoms with Gasteiger partial charge in [0.15, 0.2) is 0 Å². The first kappa shape index (κ1) is 23.9. The number of carbonyl (C=O) groups excluding carboxylic acids is 3. The summed E-state index contributed by atoms with van der Waals surface area (Å²) in [6.45, 7) is 3.92. The molecule has 1 aromatic carbocycles. The van der Waals surface area contributed by atoms with Gasteiger partial charge in [-0.1, -0.05) is 42.5 Å². The second kappa shape index (κ2) is 13.1. The third kappa shape index (κ3) is 9.80. The number of alkyl carbamates (subject to hydrolysis) is 1. The third-order valence-corrected chi connectivity index (χ3v) is 4.46. The quantitative estimate of drug-likeness (QED) is 0.364. The van der Waals surface area contributed by atoms with Crippen LogP contribution in [0, 0.1) is 0 Å². The number of amides is 1. The monoisotopic (exact) mass is 427 g/mol. The molecule has 0 saturated heterocycles. The number of esters is 2. The maximum absolute atomic E-state index is 12.0. The van der Waals surface area contributed by atoms with Crippen molar-refractivity contribution in [3.63, 3.8) is 0 Å². The number of rotatable bonds is 9. The van der Waals surface area contributed by atoms with Crippen LogP contribution in [0.15, 0.2) is 66.3 Å². The Morgan fingerprint density at radius 1 is 1.13 bits per heavy atom. The molecule has 0 heterocycles. The van der Waals surface area contributed by atoms with Gasteiger partial charge in [0.1, 0.15) is 12.7 Å². The van der Waals surface area contributed by atoms with Crippen molar-refractivity contribution in [1.82, 2.24) is 5.32 Å². The predicted molar refractivity (Wildman–Crippen MR) is 116 cm³/mol. The Kier molecular flexibility index (Phi) is 10.1. The van der Waals surface area contributed by atoms with Crippen LogP contribution in [-0.4, -0.2) is 36.8 Å². The fourth-order valence-corrected chi connectivity index (χ4v) is 2.97. The first-order valence-electron chi connectivity index (χ1n) is 10.4. The zero-order chi connectivity index (χ0) is 22.5. The lowest BCUT2D eigenvalue weighted by Crippen LogP contribution is -2.36.